The zero-order chi connectivity index (χ0) is 13.3. The summed E-state index contributed by atoms with van der Waals surface area (Å²) in [5.74, 6) is 1.52. The van der Waals surface area contributed by atoms with Crippen LogP contribution in [0.3, 0.4) is 0 Å². The zero-order valence-electron chi connectivity index (χ0n) is 10.4. The van der Waals surface area contributed by atoms with Crippen LogP contribution < -0.4 is 0 Å². The first-order chi connectivity index (χ1) is 8.52. The van der Waals surface area contributed by atoms with Gasteiger partial charge >= 0.3 is 0 Å². The van der Waals surface area contributed by atoms with Gasteiger partial charge in [0.05, 0.1) is 16.3 Å². The number of ether oxygens (including phenoxy) is 1. The molecular formula is C12H14Cl2N2O2. The van der Waals surface area contributed by atoms with Crippen LogP contribution in [0, 0.1) is 5.92 Å². The van der Waals surface area contributed by atoms with E-state index >= 15 is 0 Å². The molecule has 2 rings (SSSR count). The minimum absolute atomic E-state index is 0.0679. The summed E-state index contributed by atoms with van der Waals surface area (Å²) in [5.41, 5.74) is 0. The monoisotopic (exact) mass is 288 g/mol. The van der Waals surface area contributed by atoms with Crippen molar-refractivity contribution in [1.29, 1.82) is 0 Å². The van der Waals surface area contributed by atoms with Crippen LogP contribution in [-0.2, 0) is 9.57 Å². The molecule has 0 fully saturated rings. The Hall–Kier alpha value is -0.970. The molecule has 0 saturated heterocycles. The van der Waals surface area contributed by atoms with Gasteiger partial charge in [0.15, 0.2) is 5.76 Å². The van der Waals surface area contributed by atoms with Crippen molar-refractivity contribution in [3.8, 4) is 0 Å². The Kier molecular flexibility index (Phi) is 4.00. The van der Waals surface area contributed by atoms with Crippen molar-refractivity contribution in [1.82, 2.24) is 5.06 Å². The predicted octanol–water partition coefficient (Wildman–Crippen LogP) is 2.67. The molecule has 2 atom stereocenters. The highest BCUT2D eigenvalue weighted by Gasteiger charge is 2.35. The van der Waals surface area contributed by atoms with Crippen LogP contribution >= 0.6 is 23.2 Å². The van der Waals surface area contributed by atoms with Crippen LogP contribution in [0.15, 0.2) is 39.8 Å². The summed E-state index contributed by atoms with van der Waals surface area (Å²) in [7, 11) is 5.18. The second kappa shape index (κ2) is 5.34. The molecule has 0 saturated carbocycles. The molecule has 1 heterocycles. The molecule has 98 valence electrons. The third kappa shape index (κ3) is 2.55. The van der Waals surface area contributed by atoms with Gasteiger partial charge < -0.3 is 9.57 Å². The Morgan fingerprint density at radius 2 is 2.22 bits per heavy atom. The van der Waals surface area contributed by atoms with Gasteiger partial charge in [0, 0.05) is 21.1 Å². The highest BCUT2D eigenvalue weighted by atomic mass is 35.5. The van der Waals surface area contributed by atoms with Crippen molar-refractivity contribution in [2.75, 3.05) is 21.1 Å². The Labute approximate surface area is 116 Å². The van der Waals surface area contributed by atoms with Gasteiger partial charge in [-0.15, -0.1) is 16.7 Å². The standard InChI is InChI=1S/C12H14Cl2N2O2/c1-15-12(18-16(2)3)10-6-7-8(13)4-5-9(14)11(7)17-10/h4-8H,1-3H3. The summed E-state index contributed by atoms with van der Waals surface area (Å²) in [6.07, 6.45) is 5.47. The van der Waals surface area contributed by atoms with E-state index in [1.165, 1.54) is 0 Å². The molecule has 0 amide bonds. The first kappa shape index (κ1) is 13.5. The molecule has 0 bridgehead atoms. The smallest absolute Gasteiger partial charge is 0.275 e. The molecular weight excluding hydrogens is 275 g/mol. The minimum Gasteiger partial charge on any atom is -0.454 e. The quantitative estimate of drug-likeness (QED) is 0.339. The first-order valence-corrected chi connectivity index (χ1v) is 6.28. The molecule has 6 heteroatoms. The fourth-order valence-electron chi connectivity index (χ4n) is 1.77. The average Bonchev–Trinajstić information content (AvgIpc) is 2.76. The summed E-state index contributed by atoms with van der Waals surface area (Å²) in [6, 6.07) is 0. The lowest BCUT2D eigenvalue weighted by Gasteiger charge is -2.18. The SMILES string of the molecule is CN=C(ON(C)C)C1=CC2C(=C(Cl)C=CC2Cl)O1. The Bertz CT molecular complexity index is 467. The van der Waals surface area contributed by atoms with Gasteiger partial charge in [-0.25, -0.2) is 0 Å². The highest BCUT2D eigenvalue weighted by molar-refractivity contribution is 6.32. The topological polar surface area (TPSA) is 34.1 Å². The van der Waals surface area contributed by atoms with Crippen molar-refractivity contribution < 1.29 is 9.57 Å². The number of nitrogens with zero attached hydrogens (tertiary/aromatic N) is 2. The number of halogens is 2. The average molecular weight is 289 g/mol. The van der Waals surface area contributed by atoms with Gasteiger partial charge in [0.25, 0.3) is 5.90 Å². The molecule has 0 spiro atoms. The second-order valence-electron chi connectivity index (χ2n) is 4.11. The second-order valence-corrected chi connectivity index (χ2v) is 5.02. The maximum Gasteiger partial charge on any atom is 0.275 e. The number of fused-ring (bicyclic) bond motifs is 1. The van der Waals surface area contributed by atoms with E-state index in [1.807, 2.05) is 12.2 Å². The van der Waals surface area contributed by atoms with Crippen molar-refractivity contribution in [2.45, 2.75) is 5.38 Å². The third-order valence-electron chi connectivity index (χ3n) is 2.54. The summed E-state index contributed by atoms with van der Waals surface area (Å²) in [5, 5.41) is 1.93. The Morgan fingerprint density at radius 3 is 2.78 bits per heavy atom. The number of rotatable bonds is 2. The molecule has 0 aromatic carbocycles. The summed E-state index contributed by atoms with van der Waals surface area (Å²) < 4.78 is 5.69. The van der Waals surface area contributed by atoms with Gasteiger partial charge in [0.1, 0.15) is 5.76 Å². The fourth-order valence-corrected chi connectivity index (χ4v) is 2.26. The van der Waals surface area contributed by atoms with Crippen molar-refractivity contribution in [2.24, 2.45) is 10.9 Å². The molecule has 4 nitrogen and oxygen atoms in total. The number of hydrogen-bond donors (Lipinski definition) is 0. The summed E-state index contributed by atoms with van der Waals surface area (Å²) >= 11 is 12.3. The largest absolute Gasteiger partial charge is 0.454 e. The zero-order valence-corrected chi connectivity index (χ0v) is 11.9. The lowest BCUT2D eigenvalue weighted by molar-refractivity contribution is -0.0218. The van der Waals surface area contributed by atoms with Crippen LogP contribution in [0.4, 0.5) is 0 Å². The molecule has 0 radical (unpaired) electrons. The van der Waals surface area contributed by atoms with E-state index in [9.17, 15) is 0 Å². The molecule has 1 aliphatic carbocycles. The van der Waals surface area contributed by atoms with E-state index < -0.39 is 0 Å². The summed E-state index contributed by atoms with van der Waals surface area (Å²) in [4.78, 5) is 9.47. The van der Waals surface area contributed by atoms with Gasteiger partial charge in [-0.3, -0.25) is 4.99 Å². The van der Waals surface area contributed by atoms with Gasteiger partial charge in [-0.1, -0.05) is 17.7 Å². The van der Waals surface area contributed by atoms with Crippen molar-refractivity contribution in [3.05, 3.63) is 34.8 Å². The molecule has 0 aromatic heterocycles. The molecule has 2 unspecified atom stereocenters. The van der Waals surface area contributed by atoms with E-state index in [0.29, 0.717) is 22.4 Å². The Balaban J connectivity index is 2.24. The van der Waals surface area contributed by atoms with Crippen LogP contribution in [0.1, 0.15) is 0 Å². The van der Waals surface area contributed by atoms with Crippen molar-refractivity contribution in [3.63, 3.8) is 0 Å². The molecule has 0 N–H and O–H groups in total. The molecule has 1 aliphatic heterocycles. The maximum absolute atomic E-state index is 6.21. The third-order valence-corrected chi connectivity index (χ3v) is 3.27. The number of allylic oxidation sites excluding steroid dienone is 4. The van der Waals surface area contributed by atoms with Crippen LogP contribution in [0.2, 0.25) is 0 Å². The Morgan fingerprint density at radius 1 is 1.50 bits per heavy atom. The van der Waals surface area contributed by atoms with Gasteiger partial charge in [-0.05, 0) is 12.2 Å². The van der Waals surface area contributed by atoms with Crippen molar-refractivity contribution >= 4 is 29.1 Å². The highest BCUT2D eigenvalue weighted by Crippen LogP contribution is 2.39. The number of aliphatic imine (C=N–C) groups is 1. The normalized spacial score (nSPS) is 27.2. The van der Waals surface area contributed by atoms with Crippen LogP contribution in [0.5, 0.6) is 0 Å². The predicted molar refractivity (Wildman–Crippen MR) is 72.4 cm³/mol. The summed E-state index contributed by atoms with van der Waals surface area (Å²) in [6.45, 7) is 0. The minimum atomic E-state index is -0.169. The van der Waals surface area contributed by atoms with Crippen LogP contribution in [-0.4, -0.2) is 37.5 Å². The van der Waals surface area contributed by atoms with Crippen LogP contribution in [0.25, 0.3) is 0 Å². The molecule has 0 aromatic rings. The van der Waals surface area contributed by atoms with E-state index in [-0.39, 0.29) is 11.3 Å². The number of hydroxylamine groups is 2. The first-order valence-electron chi connectivity index (χ1n) is 5.47. The lowest BCUT2D eigenvalue weighted by atomic mass is 9.99. The molecule has 18 heavy (non-hydrogen) atoms. The molecule has 2 aliphatic rings. The van der Waals surface area contributed by atoms with Gasteiger partial charge in [-0.2, -0.15) is 0 Å². The maximum atomic E-state index is 6.21. The van der Waals surface area contributed by atoms with E-state index in [1.54, 1.807) is 32.3 Å². The van der Waals surface area contributed by atoms with E-state index in [4.69, 9.17) is 32.8 Å². The van der Waals surface area contributed by atoms with E-state index in [0.717, 1.165) is 0 Å². The number of hydrogen-bond acceptors (Lipinski definition) is 4. The fraction of sp³-hybridized carbons (Fsp3) is 0.417. The van der Waals surface area contributed by atoms with E-state index in [2.05, 4.69) is 4.99 Å². The lowest BCUT2D eigenvalue weighted by Crippen LogP contribution is -2.20. The number of alkyl halides is 1. The van der Waals surface area contributed by atoms with Gasteiger partial charge in [0.2, 0.25) is 0 Å².